The molecule has 0 aliphatic rings. The van der Waals surface area contributed by atoms with Gasteiger partial charge in [0.15, 0.2) is 0 Å². The van der Waals surface area contributed by atoms with E-state index in [9.17, 15) is 0 Å². The molecule has 0 saturated heterocycles. The van der Waals surface area contributed by atoms with E-state index < -0.39 is 0 Å². The van der Waals surface area contributed by atoms with Crippen LogP contribution in [-0.2, 0) is 0 Å². The number of rotatable bonds is 5. The summed E-state index contributed by atoms with van der Waals surface area (Å²) in [5.74, 6) is 3.44. The summed E-state index contributed by atoms with van der Waals surface area (Å²) in [4.78, 5) is 1.37. The molecule has 1 unspecified atom stereocenters. The van der Waals surface area contributed by atoms with Crippen LogP contribution in [0.5, 0.6) is 0 Å². The first kappa shape index (κ1) is 13.0. The average Bonchev–Trinajstić information content (AvgIpc) is 2.26. The van der Waals surface area contributed by atoms with Gasteiger partial charge in [0.25, 0.3) is 0 Å². The lowest BCUT2D eigenvalue weighted by Crippen LogP contribution is -1.98. The van der Waals surface area contributed by atoms with Crippen molar-refractivity contribution in [3.05, 3.63) is 29.8 Å². The van der Waals surface area contributed by atoms with Gasteiger partial charge in [-0.25, -0.2) is 0 Å². The molecule has 0 fully saturated rings. The average molecular weight is 240 g/mol. The van der Waals surface area contributed by atoms with Crippen LogP contribution in [0.4, 0.5) is 0 Å². The molecule has 1 atom stereocenters. The molecule has 2 heteroatoms. The predicted octanol–water partition coefficient (Wildman–Crippen LogP) is 4.47. The second-order valence-corrected chi connectivity index (χ2v) is 5.78. The molecule has 1 rings (SSSR count). The van der Waals surface area contributed by atoms with Gasteiger partial charge in [-0.1, -0.05) is 32.9 Å². The van der Waals surface area contributed by atoms with Crippen molar-refractivity contribution in [2.45, 2.75) is 31.6 Å². The van der Waals surface area contributed by atoms with E-state index in [2.05, 4.69) is 57.7 Å². The maximum atomic E-state index is 4.29. The maximum Gasteiger partial charge on any atom is 0.00722 e. The zero-order chi connectivity index (χ0) is 11.3. The summed E-state index contributed by atoms with van der Waals surface area (Å²) in [5, 5.41) is 0. The number of thiol groups is 1. The third-order valence-corrected chi connectivity index (χ3v) is 4.36. The predicted molar refractivity (Wildman–Crippen MR) is 74.3 cm³/mol. The minimum atomic E-state index is 0.625. The summed E-state index contributed by atoms with van der Waals surface area (Å²) in [6.07, 6.45) is 0. The van der Waals surface area contributed by atoms with Gasteiger partial charge in [0.05, 0.1) is 0 Å². The molecule has 0 aliphatic carbocycles. The molecule has 0 saturated carbocycles. The number of hydrogen-bond donors (Lipinski definition) is 1. The van der Waals surface area contributed by atoms with Crippen LogP contribution in [0.2, 0.25) is 0 Å². The lowest BCUT2D eigenvalue weighted by Gasteiger charge is -2.09. The van der Waals surface area contributed by atoms with Crippen LogP contribution in [0.15, 0.2) is 29.2 Å². The third kappa shape index (κ3) is 4.52. The summed E-state index contributed by atoms with van der Waals surface area (Å²) in [6.45, 7) is 6.69. The van der Waals surface area contributed by atoms with E-state index in [1.54, 1.807) is 0 Å². The molecule has 0 N–H and O–H groups in total. The summed E-state index contributed by atoms with van der Waals surface area (Å²) in [6, 6.07) is 8.92. The van der Waals surface area contributed by atoms with Crippen LogP contribution in [0.3, 0.4) is 0 Å². The van der Waals surface area contributed by atoms with Crippen LogP contribution in [0, 0.1) is 5.92 Å². The summed E-state index contributed by atoms with van der Waals surface area (Å²) in [7, 11) is 0. The van der Waals surface area contributed by atoms with Crippen LogP contribution in [-0.4, -0.2) is 11.5 Å². The van der Waals surface area contributed by atoms with Gasteiger partial charge in [0, 0.05) is 10.6 Å². The Morgan fingerprint density at radius 2 is 1.73 bits per heavy atom. The lowest BCUT2D eigenvalue weighted by molar-refractivity contribution is 0.766. The topological polar surface area (TPSA) is 0 Å². The summed E-state index contributed by atoms with van der Waals surface area (Å²) in [5.41, 5.74) is 1.42. The Bertz CT molecular complexity index is 277. The molecule has 0 radical (unpaired) electrons. The first-order chi connectivity index (χ1) is 7.13. The van der Waals surface area contributed by atoms with Gasteiger partial charge in [-0.05, 0) is 35.3 Å². The maximum absolute atomic E-state index is 4.29. The second-order valence-electron chi connectivity index (χ2n) is 4.32. The summed E-state index contributed by atoms with van der Waals surface area (Å²) < 4.78 is 0. The van der Waals surface area contributed by atoms with Crippen molar-refractivity contribution in [3.63, 3.8) is 0 Å². The minimum Gasteiger partial charge on any atom is -0.179 e. The fourth-order valence-corrected chi connectivity index (χ4v) is 2.47. The standard InChI is InChI=1S/C13H20S2/c1-10(2)12-4-6-13(7-5-12)15-9-11(3)8-14/h4-7,10-11,14H,8-9H2,1-3H3. The zero-order valence-corrected chi connectivity index (χ0v) is 11.4. The van der Waals surface area contributed by atoms with Gasteiger partial charge in [0.1, 0.15) is 0 Å². The number of hydrogen-bond acceptors (Lipinski definition) is 2. The molecule has 0 bridgehead atoms. The van der Waals surface area contributed by atoms with E-state index >= 15 is 0 Å². The van der Waals surface area contributed by atoms with Gasteiger partial charge < -0.3 is 0 Å². The molecule has 1 aromatic rings. The van der Waals surface area contributed by atoms with Crippen LogP contribution >= 0.6 is 24.4 Å². The Hall–Kier alpha value is -0.0800. The van der Waals surface area contributed by atoms with Crippen LogP contribution < -0.4 is 0 Å². The van der Waals surface area contributed by atoms with E-state index in [1.165, 1.54) is 10.5 Å². The highest BCUT2D eigenvalue weighted by Gasteiger charge is 2.02. The largest absolute Gasteiger partial charge is 0.179 e. The SMILES string of the molecule is CC(CS)CSc1ccc(C(C)C)cc1. The Balaban J connectivity index is 2.50. The van der Waals surface area contributed by atoms with Crippen molar-refractivity contribution in [3.8, 4) is 0 Å². The first-order valence-electron chi connectivity index (χ1n) is 5.47. The Morgan fingerprint density at radius 3 is 2.20 bits per heavy atom. The van der Waals surface area contributed by atoms with Gasteiger partial charge in [-0.2, -0.15) is 12.6 Å². The fraction of sp³-hybridized carbons (Fsp3) is 0.538. The molecule has 0 nitrogen and oxygen atoms in total. The highest BCUT2D eigenvalue weighted by atomic mass is 32.2. The van der Waals surface area contributed by atoms with Crippen molar-refractivity contribution in [1.29, 1.82) is 0 Å². The van der Waals surface area contributed by atoms with E-state index in [0.717, 1.165) is 11.5 Å². The molecule has 0 spiro atoms. The zero-order valence-electron chi connectivity index (χ0n) is 9.73. The Labute approximate surface area is 103 Å². The Morgan fingerprint density at radius 1 is 1.13 bits per heavy atom. The van der Waals surface area contributed by atoms with Crippen molar-refractivity contribution < 1.29 is 0 Å². The molecule has 84 valence electrons. The fourth-order valence-electron chi connectivity index (χ4n) is 1.24. The molecule has 0 aliphatic heterocycles. The molecule has 0 amide bonds. The van der Waals surface area contributed by atoms with E-state index in [0.29, 0.717) is 11.8 Å². The van der Waals surface area contributed by atoms with Gasteiger partial charge in [-0.3, -0.25) is 0 Å². The molecule has 0 aromatic heterocycles. The monoisotopic (exact) mass is 240 g/mol. The van der Waals surface area contributed by atoms with Crippen LogP contribution in [0.25, 0.3) is 0 Å². The third-order valence-electron chi connectivity index (χ3n) is 2.39. The van der Waals surface area contributed by atoms with E-state index in [-0.39, 0.29) is 0 Å². The molecular weight excluding hydrogens is 220 g/mol. The van der Waals surface area contributed by atoms with Crippen molar-refractivity contribution >= 4 is 24.4 Å². The minimum absolute atomic E-state index is 0.625. The van der Waals surface area contributed by atoms with Crippen molar-refractivity contribution in [1.82, 2.24) is 0 Å². The first-order valence-corrected chi connectivity index (χ1v) is 7.09. The van der Waals surface area contributed by atoms with Gasteiger partial charge in [-0.15, -0.1) is 11.8 Å². The smallest absolute Gasteiger partial charge is 0.00722 e. The second kappa shape index (κ2) is 6.49. The number of benzene rings is 1. The molecule has 1 aromatic carbocycles. The van der Waals surface area contributed by atoms with Crippen molar-refractivity contribution in [2.24, 2.45) is 5.92 Å². The molecular formula is C13H20S2. The highest BCUT2D eigenvalue weighted by molar-refractivity contribution is 7.99. The molecule has 0 heterocycles. The molecule has 15 heavy (non-hydrogen) atoms. The lowest BCUT2D eigenvalue weighted by atomic mass is 10.0. The summed E-state index contributed by atoms with van der Waals surface area (Å²) >= 11 is 6.22. The quantitative estimate of drug-likeness (QED) is 0.585. The highest BCUT2D eigenvalue weighted by Crippen LogP contribution is 2.23. The van der Waals surface area contributed by atoms with Crippen molar-refractivity contribution in [2.75, 3.05) is 11.5 Å². The van der Waals surface area contributed by atoms with Gasteiger partial charge >= 0.3 is 0 Å². The normalized spacial score (nSPS) is 13.1. The van der Waals surface area contributed by atoms with Gasteiger partial charge in [0.2, 0.25) is 0 Å². The number of thioether (sulfide) groups is 1. The Kier molecular flexibility index (Phi) is 5.62. The van der Waals surface area contributed by atoms with E-state index in [1.807, 2.05) is 11.8 Å². The van der Waals surface area contributed by atoms with Crippen LogP contribution in [0.1, 0.15) is 32.3 Å². The van der Waals surface area contributed by atoms with E-state index in [4.69, 9.17) is 0 Å².